The minimum atomic E-state index is -0.566. The van der Waals surface area contributed by atoms with Crippen LogP contribution in [0.4, 0.5) is 17.1 Å². The lowest BCUT2D eigenvalue weighted by Gasteiger charge is -2.25. The minimum Gasteiger partial charge on any atom is -0.372 e. The van der Waals surface area contributed by atoms with Gasteiger partial charge in [-0.3, -0.25) is 19.7 Å². The summed E-state index contributed by atoms with van der Waals surface area (Å²) in [6.07, 6.45) is 1.88. The van der Waals surface area contributed by atoms with Crippen molar-refractivity contribution in [1.82, 2.24) is 0 Å². The average molecular weight is 439 g/mol. The van der Waals surface area contributed by atoms with Crippen LogP contribution in [0.15, 0.2) is 84.1 Å². The standard InChI is InChI=1S/C26H21N3O4/c30-23-11-5-10-21-24(23)25(17-8-4-9-19(14-17)29(32)33)28-22-15-18(12-13-20(22)27-21)26(31)16-6-2-1-3-7-16/h1-4,6-9,12-15,25,27-28H,5,10-11H2/t25-/m0/s1. The van der Waals surface area contributed by atoms with E-state index in [1.165, 1.54) is 12.1 Å². The lowest BCUT2D eigenvalue weighted by molar-refractivity contribution is -0.384. The Labute approximate surface area is 190 Å². The number of allylic oxidation sites excluding steroid dienone is 1. The molecule has 0 spiro atoms. The third kappa shape index (κ3) is 3.89. The van der Waals surface area contributed by atoms with Gasteiger partial charge >= 0.3 is 0 Å². The first-order chi connectivity index (χ1) is 16.0. The van der Waals surface area contributed by atoms with Crippen LogP contribution in [0.1, 0.15) is 46.8 Å². The van der Waals surface area contributed by atoms with Gasteiger partial charge in [-0.05, 0) is 36.6 Å². The molecule has 7 heteroatoms. The Morgan fingerprint density at radius 1 is 0.909 bits per heavy atom. The van der Waals surface area contributed by atoms with E-state index >= 15 is 0 Å². The van der Waals surface area contributed by atoms with Crippen molar-refractivity contribution in [3.63, 3.8) is 0 Å². The van der Waals surface area contributed by atoms with Crippen LogP contribution >= 0.6 is 0 Å². The summed E-state index contributed by atoms with van der Waals surface area (Å²) in [6.45, 7) is 0. The monoisotopic (exact) mass is 439 g/mol. The van der Waals surface area contributed by atoms with E-state index < -0.39 is 11.0 Å². The first kappa shape index (κ1) is 20.6. The van der Waals surface area contributed by atoms with Crippen LogP contribution in [0.2, 0.25) is 0 Å². The van der Waals surface area contributed by atoms with E-state index in [1.807, 2.05) is 24.3 Å². The molecule has 1 aliphatic carbocycles. The quantitative estimate of drug-likeness (QED) is 0.320. The van der Waals surface area contributed by atoms with Gasteiger partial charge in [0.15, 0.2) is 11.6 Å². The van der Waals surface area contributed by atoms with E-state index in [0.29, 0.717) is 40.8 Å². The van der Waals surface area contributed by atoms with Gasteiger partial charge in [-0.15, -0.1) is 0 Å². The number of carbonyl (C=O) groups is 2. The maximum Gasteiger partial charge on any atom is 0.269 e. The van der Waals surface area contributed by atoms with Gasteiger partial charge in [0, 0.05) is 41.0 Å². The van der Waals surface area contributed by atoms with E-state index in [9.17, 15) is 19.7 Å². The molecule has 0 aromatic heterocycles. The molecule has 0 bridgehead atoms. The van der Waals surface area contributed by atoms with Crippen molar-refractivity contribution in [2.45, 2.75) is 25.3 Å². The molecule has 2 aliphatic rings. The summed E-state index contributed by atoms with van der Waals surface area (Å²) < 4.78 is 0. The second-order valence-electron chi connectivity index (χ2n) is 8.18. The number of hydrogen-bond acceptors (Lipinski definition) is 6. The highest BCUT2D eigenvalue weighted by Gasteiger charge is 2.33. The molecule has 0 amide bonds. The molecule has 0 fully saturated rings. The number of nitrogens with zero attached hydrogens (tertiary/aromatic N) is 1. The van der Waals surface area contributed by atoms with Crippen LogP contribution in [0.5, 0.6) is 0 Å². The van der Waals surface area contributed by atoms with Gasteiger partial charge in [-0.1, -0.05) is 42.5 Å². The van der Waals surface area contributed by atoms with E-state index in [0.717, 1.165) is 17.8 Å². The van der Waals surface area contributed by atoms with Gasteiger partial charge in [0.2, 0.25) is 0 Å². The molecular weight excluding hydrogens is 418 g/mol. The number of nitro groups is 1. The zero-order valence-electron chi connectivity index (χ0n) is 17.7. The van der Waals surface area contributed by atoms with Crippen LogP contribution in [-0.4, -0.2) is 16.5 Å². The molecule has 0 radical (unpaired) electrons. The van der Waals surface area contributed by atoms with Gasteiger partial charge in [0.25, 0.3) is 5.69 Å². The highest BCUT2D eigenvalue weighted by atomic mass is 16.6. The van der Waals surface area contributed by atoms with Crippen LogP contribution in [0.25, 0.3) is 0 Å². The number of anilines is 2. The summed E-state index contributed by atoms with van der Waals surface area (Å²) in [5.74, 6) is -0.0914. The molecular formula is C26H21N3O4. The number of benzene rings is 3. The number of rotatable bonds is 4. The van der Waals surface area contributed by atoms with E-state index in [-0.39, 0.29) is 17.3 Å². The normalized spacial score (nSPS) is 17.2. The molecule has 1 heterocycles. The molecule has 0 saturated heterocycles. The predicted molar refractivity (Wildman–Crippen MR) is 125 cm³/mol. The van der Waals surface area contributed by atoms with Crippen LogP contribution < -0.4 is 10.6 Å². The fourth-order valence-corrected chi connectivity index (χ4v) is 4.46. The fraction of sp³-hybridized carbons (Fsp3) is 0.154. The molecule has 33 heavy (non-hydrogen) atoms. The van der Waals surface area contributed by atoms with Crippen LogP contribution in [0, 0.1) is 10.1 Å². The van der Waals surface area contributed by atoms with Crippen molar-refractivity contribution in [1.29, 1.82) is 0 Å². The zero-order chi connectivity index (χ0) is 22.9. The lowest BCUT2D eigenvalue weighted by Crippen LogP contribution is -2.23. The van der Waals surface area contributed by atoms with Crippen LogP contribution in [0.3, 0.4) is 0 Å². The largest absolute Gasteiger partial charge is 0.372 e. The predicted octanol–water partition coefficient (Wildman–Crippen LogP) is 5.41. The second-order valence-corrected chi connectivity index (χ2v) is 8.18. The Hall–Kier alpha value is -4.26. The third-order valence-corrected chi connectivity index (χ3v) is 6.06. The fourth-order valence-electron chi connectivity index (χ4n) is 4.46. The number of non-ortho nitro benzene ring substituents is 1. The Morgan fingerprint density at radius 3 is 2.52 bits per heavy atom. The highest BCUT2D eigenvalue weighted by molar-refractivity contribution is 6.10. The van der Waals surface area contributed by atoms with Gasteiger partial charge in [-0.2, -0.15) is 0 Å². The van der Waals surface area contributed by atoms with E-state index in [4.69, 9.17) is 0 Å². The Bertz CT molecular complexity index is 1310. The topological polar surface area (TPSA) is 101 Å². The number of ketones is 2. The average Bonchev–Trinajstić information content (AvgIpc) is 3.01. The maximum absolute atomic E-state index is 13.0. The Morgan fingerprint density at radius 2 is 1.73 bits per heavy atom. The van der Waals surface area contributed by atoms with Gasteiger partial charge in [0.05, 0.1) is 22.3 Å². The van der Waals surface area contributed by atoms with Crippen molar-refractivity contribution in [3.8, 4) is 0 Å². The first-order valence-corrected chi connectivity index (χ1v) is 10.8. The number of hydrogen-bond donors (Lipinski definition) is 2. The number of nitro benzene ring substituents is 1. The number of fused-ring (bicyclic) bond motifs is 1. The molecule has 0 saturated carbocycles. The summed E-state index contributed by atoms with van der Waals surface area (Å²) in [5.41, 5.74) is 4.52. The van der Waals surface area contributed by atoms with Crippen molar-refractivity contribution in [2.24, 2.45) is 0 Å². The molecule has 164 valence electrons. The number of carbonyl (C=O) groups excluding carboxylic acids is 2. The molecule has 3 aromatic rings. The van der Waals surface area contributed by atoms with Crippen molar-refractivity contribution in [2.75, 3.05) is 10.6 Å². The molecule has 1 atom stereocenters. The smallest absolute Gasteiger partial charge is 0.269 e. The summed E-state index contributed by atoms with van der Waals surface area (Å²) in [6, 6.07) is 20.2. The Balaban J connectivity index is 1.60. The van der Waals surface area contributed by atoms with Crippen molar-refractivity contribution >= 4 is 28.6 Å². The molecule has 5 rings (SSSR count). The molecule has 2 N–H and O–H groups in total. The molecule has 7 nitrogen and oxygen atoms in total. The van der Waals surface area contributed by atoms with Gasteiger partial charge in [-0.25, -0.2) is 0 Å². The highest BCUT2D eigenvalue weighted by Crippen LogP contribution is 2.41. The lowest BCUT2D eigenvalue weighted by atomic mass is 9.86. The van der Waals surface area contributed by atoms with Crippen LogP contribution in [-0.2, 0) is 4.79 Å². The third-order valence-electron chi connectivity index (χ3n) is 6.06. The maximum atomic E-state index is 13.0. The summed E-state index contributed by atoms with van der Waals surface area (Å²) in [4.78, 5) is 36.9. The van der Waals surface area contributed by atoms with Gasteiger partial charge in [0.1, 0.15) is 0 Å². The zero-order valence-corrected chi connectivity index (χ0v) is 17.7. The Kier molecular flexibility index (Phi) is 5.22. The van der Waals surface area contributed by atoms with Gasteiger partial charge < -0.3 is 10.6 Å². The van der Waals surface area contributed by atoms with E-state index in [2.05, 4.69) is 10.6 Å². The minimum absolute atomic E-state index is 0.0150. The molecule has 0 unspecified atom stereocenters. The second kappa shape index (κ2) is 8.35. The van der Waals surface area contributed by atoms with E-state index in [1.54, 1.807) is 36.4 Å². The SMILES string of the molecule is O=C1CCCC2=C1[C@H](c1cccc([N+](=O)[O-])c1)Nc1cc(C(=O)c3ccccc3)ccc1N2. The molecule has 1 aliphatic heterocycles. The van der Waals surface area contributed by atoms with Crippen molar-refractivity contribution < 1.29 is 14.5 Å². The first-order valence-electron chi connectivity index (χ1n) is 10.8. The van der Waals surface area contributed by atoms with Crippen molar-refractivity contribution in [3.05, 3.63) is 111 Å². The summed E-state index contributed by atoms with van der Waals surface area (Å²) >= 11 is 0. The number of nitrogens with one attached hydrogen (secondary N) is 2. The molecule has 3 aromatic carbocycles. The summed E-state index contributed by atoms with van der Waals surface area (Å²) in [5, 5.41) is 18.1. The summed E-state index contributed by atoms with van der Waals surface area (Å²) in [7, 11) is 0. The number of Topliss-reactive ketones (excluding diaryl/α,β-unsaturated/α-hetero) is 1.